The molecule has 4 rings (SSSR count). The third-order valence-electron chi connectivity index (χ3n) is 4.77. The molecule has 1 amide bonds. The molecule has 6 nitrogen and oxygen atoms in total. The lowest BCUT2D eigenvalue weighted by Crippen LogP contribution is -2.24. The quantitative estimate of drug-likeness (QED) is 0.517. The Morgan fingerprint density at radius 2 is 1.69 bits per heavy atom. The van der Waals surface area contributed by atoms with Crippen molar-refractivity contribution in [3.05, 3.63) is 87.3 Å². The fourth-order valence-electron chi connectivity index (χ4n) is 3.23. The molecule has 0 aliphatic rings. The Balaban J connectivity index is 1.62. The maximum Gasteiger partial charge on any atom is 0.262 e. The lowest BCUT2D eigenvalue weighted by atomic mass is 10.0. The number of aryl methyl sites for hydroxylation is 1. The van der Waals surface area contributed by atoms with Gasteiger partial charge in [0.2, 0.25) is 0 Å². The zero-order chi connectivity index (χ0) is 20.5. The van der Waals surface area contributed by atoms with Gasteiger partial charge in [-0.15, -0.1) is 11.3 Å². The summed E-state index contributed by atoms with van der Waals surface area (Å²) in [7, 11) is 0. The molecule has 0 saturated heterocycles. The second kappa shape index (κ2) is 7.44. The number of ketones is 1. The number of fused-ring (bicyclic) bond motifs is 1. The average molecular weight is 403 g/mol. The number of thiophene rings is 1. The van der Waals surface area contributed by atoms with E-state index in [2.05, 4.69) is 4.98 Å². The number of primary amides is 1. The highest BCUT2D eigenvalue weighted by atomic mass is 32.1. The minimum Gasteiger partial charge on any atom is -0.365 e. The van der Waals surface area contributed by atoms with Crippen LogP contribution < -0.4 is 11.3 Å². The second-order valence-corrected chi connectivity index (χ2v) is 7.64. The second-order valence-electron chi connectivity index (χ2n) is 6.64. The van der Waals surface area contributed by atoms with Gasteiger partial charge in [0, 0.05) is 5.56 Å². The summed E-state index contributed by atoms with van der Waals surface area (Å²) in [6.07, 6.45) is 1.33. The highest BCUT2D eigenvalue weighted by Crippen LogP contribution is 2.26. The number of aromatic nitrogens is 2. The Morgan fingerprint density at radius 1 is 1.03 bits per heavy atom. The first-order valence-corrected chi connectivity index (χ1v) is 9.74. The van der Waals surface area contributed by atoms with E-state index in [0.29, 0.717) is 26.2 Å². The predicted molar refractivity (Wildman–Crippen MR) is 113 cm³/mol. The lowest BCUT2D eigenvalue weighted by Gasteiger charge is -2.06. The summed E-state index contributed by atoms with van der Waals surface area (Å²) in [6, 6.07) is 17.1. The maximum absolute atomic E-state index is 12.8. The van der Waals surface area contributed by atoms with Gasteiger partial charge in [0.05, 0.1) is 23.1 Å². The molecule has 0 aliphatic heterocycles. The first kappa shape index (κ1) is 18.8. The van der Waals surface area contributed by atoms with E-state index >= 15 is 0 Å². The predicted octanol–water partition coefficient (Wildman–Crippen LogP) is 3.42. The highest BCUT2D eigenvalue weighted by molar-refractivity contribution is 7.20. The zero-order valence-corrected chi connectivity index (χ0v) is 16.4. The molecule has 0 radical (unpaired) electrons. The van der Waals surface area contributed by atoms with Crippen LogP contribution in [0.25, 0.3) is 21.3 Å². The number of nitrogens with zero attached hydrogens (tertiary/aromatic N) is 2. The first-order chi connectivity index (χ1) is 14.0. The van der Waals surface area contributed by atoms with Gasteiger partial charge in [-0.25, -0.2) is 4.98 Å². The van der Waals surface area contributed by atoms with Gasteiger partial charge in [-0.3, -0.25) is 19.0 Å². The van der Waals surface area contributed by atoms with Gasteiger partial charge < -0.3 is 5.73 Å². The summed E-state index contributed by atoms with van der Waals surface area (Å²) in [6.45, 7) is 1.53. The molecule has 29 heavy (non-hydrogen) atoms. The molecule has 144 valence electrons. The number of rotatable bonds is 5. The van der Waals surface area contributed by atoms with Crippen LogP contribution in [0.3, 0.4) is 0 Å². The molecule has 0 saturated carbocycles. The van der Waals surface area contributed by atoms with Gasteiger partial charge >= 0.3 is 0 Å². The van der Waals surface area contributed by atoms with Crippen LogP contribution >= 0.6 is 11.3 Å². The van der Waals surface area contributed by atoms with E-state index in [1.807, 2.05) is 42.5 Å². The lowest BCUT2D eigenvalue weighted by molar-refractivity contribution is 0.0968. The van der Waals surface area contributed by atoms with E-state index < -0.39 is 5.91 Å². The Labute approximate surface area is 170 Å². The molecule has 0 spiro atoms. The van der Waals surface area contributed by atoms with Gasteiger partial charge in [-0.05, 0) is 23.6 Å². The number of nitrogens with two attached hydrogens (primary N) is 1. The Morgan fingerprint density at radius 3 is 2.34 bits per heavy atom. The summed E-state index contributed by atoms with van der Waals surface area (Å²) < 4.78 is 1.26. The van der Waals surface area contributed by atoms with Crippen LogP contribution in [0.15, 0.2) is 65.7 Å². The summed E-state index contributed by atoms with van der Waals surface area (Å²) >= 11 is 1.09. The van der Waals surface area contributed by atoms with Crippen LogP contribution in [0.2, 0.25) is 0 Å². The van der Waals surface area contributed by atoms with Gasteiger partial charge in [0.15, 0.2) is 5.78 Å². The largest absolute Gasteiger partial charge is 0.365 e. The average Bonchev–Trinajstić information content (AvgIpc) is 3.08. The van der Waals surface area contributed by atoms with E-state index in [9.17, 15) is 14.4 Å². The van der Waals surface area contributed by atoms with E-state index in [1.165, 1.54) is 10.9 Å². The normalized spacial score (nSPS) is 10.9. The van der Waals surface area contributed by atoms with E-state index in [1.54, 1.807) is 19.1 Å². The minimum absolute atomic E-state index is 0.131. The fraction of sp³-hybridized carbons (Fsp3) is 0.0909. The summed E-state index contributed by atoms with van der Waals surface area (Å²) in [5.74, 6) is -0.790. The van der Waals surface area contributed by atoms with Crippen molar-refractivity contribution in [2.75, 3.05) is 0 Å². The Hall–Kier alpha value is -3.58. The van der Waals surface area contributed by atoms with Gasteiger partial charge in [0.1, 0.15) is 4.83 Å². The molecule has 0 aliphatic carbocycles. The van der Waals surface area contributed by atoms with Crippen molar-refractivity contribution < 1.29 is 9.59 Å². The van der Waals surface area contributed by atoms with Crippen molar-refractivity contribution >= 4 is 33.2 Å². The third-order valence-corrected chi connectivity index (χ3v) is 5.98. The SMILES string of the molecule is Cc1c(C(N)=O)sc2ncn(CC(=O)c3ccc(-c4ccccc4)cc3)c(=O)c12. The molecule has 2 aromatic heterocycles. The van der Waals surface area contributed by atoms with Crippen LogP contribution in [-0.4, -0.2) is 21.2 Å². The molecule has 2 heterocycles. The smallest absolute Gasteiger partial charge is 0.262 e. The maximum atomic E-state index is 12.8. The summed E-state index contributed by atoms with van der Waals surface area (Å²) in [5, 5.41) is 0.332. The topological polar surface area (TPSA) is 95.1 Å². The number of carbonyl (C=O) groups is 2. The van der Waals surface area contributed by atoms with Crippen LogP contribution in [0.4, 0.5) is 0 Å². The number of hydrogen-bond acceptors (Lipinski definition) is 5. The highest BCUT2D eigenvalue weighted by Gasteiger charge is 2.18. The zero-order valence-electron chi connectivity index (χ0n) is 15.6. The van der Waals surface area contributed by atoms with E-state index in [-0.39, 0.29) is 17.9 Å². The van der Waals surface area contributed by atoms with Crippen LogP contribution in [0, 0.1) is 6.92 Å². The Kier molecular flexibility index (Phi) is 4.82. The molecule has 0 atom stereocenters. The Bertz CT molecular complexity index is 1290. The van der Waals surface area contributed by atoms with Gasteiger partial charge in [-0.1, -0.05) is 54.6 Å². The molecule has 4 aromatic rings. The van der Waals surface area contributed by atoms with Crippen LogP contribution in [0.5, 0.6) is 0 Å². The van der Waals surface area contributed by atoms with E-state index in [0.717, 1.165) is 22.5 Å². The molecule has 2 aromatic carbocycles. The van der Waals surface area contributed by atoms with Crippen molar-refractivity contribution in [1.29, 1.82) is 0 Å². The third kappa shape index (κ3) is 3.48. The summed E-state index contributed by atoms with van der Waals surface area (Å²) in [4.78, 5) is 42.0. The molecule has 2 N–H and O–H groups in total. The monoisotopic (exact) mass is 403 g/mol. The van der Waals surface area contributed by atoms with Crippen molar-refractivity contribution in [2.24, 2.45) is 5.73 Å². The van der Waals surface area contributed by atoms with Crippen molar-refractivity contribution in [3.8, 4) is 11.1 Å². The summed E-state index contributed by atoms with van der Waals surface area (Å²) in [5.41, 5.74) is 8.09. The van der Waals surface area contributed by atoms with Crippen LogP contribution in [0.1, 0.15) is 25.6 Å². The van der Waals surface area contributed by atoms with Crippen molar-refractivity contribution in [1.82, 2.24) is 9.55 Å². The van der Waals surface area contributed by atoms with Crippen molar-refractivity contribution in [2.45, 2.75) is 13.5 Å². The van der Waals surface area contributed by atoms with Gasteiger partial charge in [0.25, 0.3) is 11.5 Å². The molecular formula is C22H17N3O3S. The molecule has 7 heteroatoms. The number of hydrogen-bond donors (Lipinski definition) is 1. The van der Waals surface area contributed by atoms with Crippen LogP contribution in [-0.2, 0) is 6.54 Å². The molecule has 0 bridgehead atoms. The number of amides is 1. The minimum atomic E-state index is -0.592. The fourth-order valence-corrected chi connectivity index (χ4v) is 4.22. The number of benzene rings is 2. The van der Waals surface area contributed by atoms with Crippen molar-refractivity contribution in [3.63, 3.8) is 0 Å². The van der Waals surface area contributed by atoms with E-state index in [4.69, 9.17) is 5.73 Å². The molecule has 0 fully saturated rings. The molecular weight excluding hydrogens is 386 g/mol. The number of Topliss-reactive ketones (excluding diaryl/α,β-unsaturated/α-hetero) is 1. The molecule has 0 unspecified atom stereocenters. The first-order valence-electron chi connectivity index (χ1n) is 8.92. The standard InChI is InChI=1S/C22H17N3O3S/c1-13-18-21(29-19(13)20(23)27)24-12-25(22(18)28)11-17(26)16-9-7-15(8-10-16)14-5-3-2-4-6-14/h2-10,12H,11H2,1H3,(H2,23,27). The number of carbonyl (C=O) groups excluding carboxylic acids is 2. The van der Waals surface area contributed by atoms with Gasteiger partial charge in [-0.2, -0.15) is 0 Å².